The molecule has 1 aromatic heterocycles. The largest absolute Gasteiger partial charge is 0.481 e. The molecule has 1 aliphatic heterocycles. The zero-order valence-corrected chi connectivity index (χ0v) is 12.9. The summed E-state index contributed by atoms with van der Waals surface area (Å²) in [6, 6.07) is 7.33. The number of hydrogen-bond donors (Lipinski definition) is 1. The van der Waals surface area contributed by atoms with Gasteiger partial charge in [0.1, 0.15) is 0 Å². The van der Waals surface area contributed by atoms with Gasteiger partial charge in [0.2, 0.25) is 0 Å². The van der Waals surface area contributed by atoms with E-state index in [4.69, 9.17) is 0 Å². The predicted octanol–water partition coefficient (Wildman–Crippen LogP) is 2.20. The Kier molecular flexibility index (Phi) is 4.14. The molecule has 1 aromatic carbocycles. The van der Waals surface area contributed by atoms with Gasteiger partial charge in [0.25, 0.3) is 5.91 Å². The van der Waals surface area contributed by atoms with Crippen LogP contribution in [0.4, 0.5) is 0 Å². The lowest BCUT2D eigenvalue weighted by Crippen LogP contribution is -2.47. The van der Waals surface area contributed by atoms with E-state index in [0.717, 1.165) is 12.1 Å². The van der Waals surface area contributed by atoms with Crippen LogP contribution < -0.4 is 0 Å². The van der Waals surface area contributed by atoms with Crippen molar-refractivity contribution in [2.75, 3.05) is 6.54 Å². The highest BCUT2D eigenvalue weighted by Gasteiger charge is 2.32. The van der Waals surface area contributed by atoms with Crippen molar-refractivity contribution in [3.63, 3.8) is 0 Å². The van der Waals surface area contributed by atoms with E-state index in [2.05, 4.69) is 4.98 Å². The fraction of sp³-hybridized carbons (Fsp3) is 0.353. The molecule has 120 valence electrons. The first-order chi connectivity index (χ1) is 11.1. The zero-order valence-electron chi connectivity index (χ0n) is 12.9. The molecule has 0 radical (unpaired) electrons. The minimum atomic E-state index is -0.829. The molecule has 2 atom stereocenters. The van der Waals surface area contributed by atoms with Crippen molar-refractivity contribution >= 4 is 11.9 Å². The fourth-order valence-corrected chi connectivity index (χ4v) is 2.95. The van der Waals surface area contributed by atoms with E-state index in [1.807, 2.05) is 29.8 Å². The summed E-state index contributed by atoms with van der Waals surface area (Å²) in [6.45, 7) is 2.24. The van der Waals surface area contributed by atoms with Crippen LogP contribution in [0.5, 0.6) is 0 Å². The van der Waals surface area contributed by atoms with Gasteiger partial charge in [-0.15, -0.1) is 0 Å². The van der Waals surface area contributed by atoms with Gasteiger partial charge in [0.05, 0.1) is 12.2 Å². The number of carboxylic acid groups (broad SMARTS) is 1. The van der Waals surface area contributed by atoms with Gasteiger partial charge >= 0.3 is 5.97 Å². The molecule has 2 heterocycles. The van der Waals surface area contributed by atoms with Crippen LogP contribution in [0.15, 0.2) is 43.0 Å². The van der Waals surface area contributed by atoms with E-state index in [0.29, 0.717) is 12.0 Å². The van der Waals surface area contributed by atoms with E-state index < -0.39 is 11.9 Å². The first kappa shape index (κ1) is 15.3. The third kappa shape index (κ3) is 3.11. The van der Waals surface area contributed by atoms with E-state index in [-0.39, 0.29) is 18.5 Å². The Hall–Kier alpha value is -2.63. The minimum absolute atomic E-state index is 0.0615. The van der Waals surface area contributed by atoms with Crippen molar-refractivity contribution in [2.24, 2.45) is 5.92 Å². The van der Waals surface area contributed by atoms with Gasteiger partial charge in [-0.2, -0.15) is 0 Å². The lowest BCUT2D eigenvalue weighted by Gasteiger charge is -2.36. The topological polar surface area (TPSA) is 75.4 Å². The van der Waals surface area contributed by atoms with Gasteiger partial charge < -0.3 is 14.6 Å². The van der Waals surface area contributed by atoms with Crippen molar-refractivity contribution < 1.29 is 14.7 Å². The summed E-state index contributed by atoms with van der Waals surface area (Å²) in [6.07, 6.45) is 6.57. The van der Waals surface area contributed by atoms with Crippen molar-refractivity contribution in [2.45, 2.75) is 25.8 Å². The SMILES string of the molecule is CC1CCC(C(=O)O)CN1C(=O)c1ccc(-n2ccnc2)cc1. The standard InChI is InChI=1S/C17H19N3O3/c1-12-2-3-14(17(22)23)10-20(12)16(21)13-4-6-15(7-5-13)19-9-8-18-11-19/h4-9,11-12,14H,2-3,10H2,1H3,(H,22,23). The van der Waals surface area contributed by atoms with Crippen LogP contribution in [0.25, 0.3) is 5.69 Å². The van der Waals surface area contributed by atoms with Gasteiger partial charge in [0, 0.05) is 36.2 Å². The molecule has 1 fully saturated rings. The third-order valence-electron chi connectivity index (χ3n) is 4.41. The van der Waals surface area contributed by atoms with Gasteiger partial charge in [-0.25, -0.2) is 4.98 Å². The van der Waals surface area contributed by atoms with Crippen LogP contribution in [-0.4, -0.2) is 44.0 Å². The van der Waals surface area contributed by atoms with Crippen LogP contribution >= 0.6 is 0 Å². The van der Waals surface area contributed by atoms with E-state index in [9.17, 15) is 14.7 Å². The minimum Gasteiger partial charge on any atom is -0.481 e. The lowest BCUT2D eigenvalue weighted by molar-refractivity contribution is -0.143. The number of hydrogen-bond acceptors (Lipinski definition) is 3. The molecule has 0 saturated carbocycles. The summed E-state index contributed by atoms with van der Waals surface area (Å²) in [7, 11) is 0. The quantitative estimate of drug-likeness (QED) is 0.942. The Morgan fingerprint density at radius 2 is 1.96 bits per heavy atom. The number of carbonyl (C=O) groups excluding carboxylic acids is 1. The molecule has 2 aromatic rings. The number of carbonyl (C=O) groups is 2. The summed E-state index contributed by atoms with van der Waals surface area (Å²) >= 11 is 0. The van der Waals surface area contributed by atoms with Gasteiger partial charge in [0.15, 0.2) is 0 Å². The molecule has 3 rings (SSSR count). The molecule has 1 N–H and O–H groups in total. The molecule has 6 nitrogen and oxygen atoms in total. The van der Waals surface area contributed by atoms with Crippen molar-refractivity contribution in [1.82, 2.24) is 14.5 Å². The Morgan fingerprint density at radius 1 is 1.22 bits per heavy atom. The maximum absolute atomic E-state index is 12.7. The second-order valence-corrected chi connectivity index (χ2v) is 5.94. The summed E-state index contributed by atoms with van der Waals surface area (Å²) in [5.74, 6) is -1.41. The highest BCUT2D eigenvalue weighted by atomic mass is 16.4. The molecule has 6 heteroatoms. The van der Waals surface area contributed by atoms with E-state index in [1.165, 1.54) is 0 Å². The molecule has 0 spiro atoms. The number of aromatic nitrogens is 2. The van der Waals surface area contributed by atoms with Crippen LogP contribution in [0.1, 0.15) is 30.1 Å². The van der Waals surface area contributed by atoms with Crippen molar-refractivity contribution in [3.05, 3.63) is 48.5 Å². The molecular weight excluding hydrogens is 294 g/mol. The number of piperidine rings is 1. The number of imidazole rings is 1. The first-order valence-electron chi connectivity index (χ1n) is 7.68. The second-order valence-electron chi connectivity index (χ2n) is 5.94. The van der Waals surface area contributed by atoms with E-state index in [1.54, 1.807) is 29.6 Å². The van der Waals surface area contributed by atoms with Crippen LogP contribution in [-0.2, 0) is 4.79 Å². The molecule has 0 aliphatic carbocycles. The van der Waals surface area contributed by atoms with Gasteiger partial charge in [-0.05, 0) is 44.0 Å². The summed E-state index contributed by atoms with van der Waals surface area (Å²) in [4.78, 5) is 29.6. The Labute approximate surface area is 134 Å². The Bertz CT molecular complexity index is 694. The van der Waals surface area contributed by atoms with Crippen LogP contribution in [0, 0.1) is 5.92 Å². The molecular formula is C17H19N3O3. The number of likely N-dealkylation sites (tertiary alicyclic amines) is 1. The number of benzene rings is 1. The number of carboxylic acids is 1. The van der Waals surface area contributed by atoms with Gasteiger partial charge in [-0.1, -0.05) is 0 Å². The maximum Gasteiger partial charge on any atom is 0.308 e. The molecule has 1 amide bonds. The van der Waals surface area contributed by atoms with Crippen LogP contribution in [0.2, 0.25) is 0 Å². The van der Waals surface area contributed by atoms with Crippen LogP contribution in [0.3, 0.4) is 0 Å². The average Bonchev–Trinajstić information content (AvgIpc) is 3.09. The number of aliphatic carboxylic acids is 1. The number of nitrogens with zero attached hydrogens (tertiary/aromatic N) is 3. The van der Waals surface area contributed by atoms with E-state index >= 15 is 0 Å². The first-order valence-corrected chi connectivity index (χ1v) is 7.68. The molecule has 0 bridgehead atoms. The summed E-state index contributed by atoms with van der Waals surface area (Å²) in [5.41, 5.74) is 1.50. The zero-order chi connectivity index (χ0) is 16.4. The Morgan fingerprint density at radius 3 is 2.57 bits per heavy atom. The monoisotopic (exact) mass is 313 g/mol. The maximum atomic E-state index is 12.7. The summed E-state index contributed by atoms with van der Waals surface area (Å²) in [5, 5.41) is 9.19. The average molecular weight is 313 g/mol. The predicted molar refractivity (Wildman–Crippen MR) is 84.4 cm³/mol. The molecule has 23 heavy (non-hydrogen) atoms. The van der Waals surface area contributed by atoms with Crippen molar-refractivity contribution in [1.29, 1.82) is 0 Å². The molecule has 1 aliphatic rings. The highest BCUT2D eigenvalue weighted by molar-refractivity contribution is 5.95. The summed E-state index contributed by atoms with van der Waals surface area (Å²) < 4.78 is 1.86. The lowest BCUT2D eigenvalue weighted by atomic mass is 9.93. The molecule has 1 saturated heterocycles. The highest BCUT2D eigenvalue weighted by Crippen LogP contribution is 2.24. The number of amides is 1. The normalized spacial score (nSPS) is 21.2. The fourth-order valence-electron chi connectivity index (χ4n) is 2.95. The van der Waals surface area contributed by atoms with Crippen molar-refractivity contribution in [3.8, 4) is 5.69 Å². The smallest absolute Gasteiger partial charge is 0.308 e. The molecule has 2 unspecified atom stereocenters. The second kappa shape index (κ2) is 6.24. The number of rotatable bonds is 3. The Balaban J connectivity index is 1.77. The third-order valence-corrected chi connectivity index (χ3v) is 4.41. The van der Waals surface area contributed by atoms with Gasteiger partial charge in [-0.3, -0.25) is 9.59 Å².